The van der Waals surface area contributed by atoms with Gasteiger partial charge in [-0.15, -0.1) is 0 Å². The zero-order valence-corrected chi connectivity index (χ0v) is 29.7. The van der Waals surface area contributed by atoms with Crippen LogP contribution in [0.5, 0.6) is 0 Å². The van der Waals surface area contributed by atoms with Crippen LogP contribution in [0.2, 0.25) is 0 Å². The van der Waals surface area contributed by atoms with E-state index in [0.717, 1.165) is 0 Å². The molecule has 2 saturated heterocycles. The van der Waals surface area contributed by atoms with E-state index < -0.39 is 96.4 Å². The number of nitrogens with zero attached hydrogens (tertiary/aromatic N) is 2. The number of aliphatic carboxylic acids is 1. The number of carboxylic acid groups (broad SMARTS) is 1. The van der Waals surface area contributed by atoms with Crippen molar-refractivity contribution >= 4 is 53.2 Å². The van der Waals surface area contributed by atoms with Crippen LogP contribution in [-0.2, 0) is 33.6 Å². The van der Waals surface area contributed by atoms with Gasteiger partial charge in [0.05, 0.1) is 12.7 Å². The van der Waals surface area contributed by atoms with Crippen LogP contribution in [0.25, 0.3) is 0 Å². The molecule has 18 heteroatoms. The first-order valence-corrected chi connectivity index (χ1v) is 18.0. The van der Waals surface area contributed by atoms with Gasteiger partial charge in [0.25, 0.3) is 0 Å². The summed E-state index contributed by atoms with van der Waals surface area (Å²) in [4.78, 5) is 93.3. The number of hydrogen-bond acceptors (Lipinski definition) is 11. The number of nitrogens with two attached hydrogens (primary N) is 1. The van der Waals surface area contributed by atoms with Crippen LogP contribution in [-0.4, -0.2) is 147 Å². The second-order valence-corrected chi connectivity index (χ2v) is 14.0. The van der Waals surface area contributed by atoms with E-state index in [1.807, 2.05) is 20.1 Å². The van der Waals surface area contributed by atoms with E-state index >= 15 is 0 Å². The summed E-state index contributed by atoms with van der Waals surface area (Å²) in [6.45, 7) is 5.93. The number of carbonyl (C=O) groups is 7. The van der Waals surface area contributed by atoms with Crippen molar-refractivity contribution in [1.29, 1.82) is 0 Å². The maximum absolute atomic E-state index is 13.8. The summed E-state index contributed by atoms with van der Waals surface area (Å²) in [6.07, 6.45) is 2.69. The van der Waals surface area contributed by atoms with Crippen LogP contribution in [0.4, 0.5) is 0 Å². The molecule has 0 spiro atoms. The van der Waals surface area contributed by atoms with Crippen LogP contribution in [0, 0.1) is 5.92 Å². The number of carboxylic acids is 1. The number of hydrogen-bond donors (Lipinski definition) is 8. The molecular weight excluding hydrogens is 662 g/mol. The molecule has 49 heavy (non-hydrogen) atoms. The molecule has 8 atom stereocenters. The molecule has 0 aliphatic carbocycles. The molecule has 6 amide bonds. The average Bonchev–Trinajstić information content (AvgIpc) is 3.74. The van der Waals surface area contributed by atoms with E-state index in [1.165, 1.54) is 35.4 Å². The number of aliphatic hydroxyl groups excluding tert-OH is 2. The Morgan fingerprint density at radius 1 is 0.796 bits per heavy atom. The second-order valence-electron chi connectivity index (χ2n) is 13.0. The van der Waals surface area contributed by atoms with Gasteiger partial charge in [-0.25, -0.2) is 4.79 Å². The molecule has 0 bridgehead atoms. The van der Waals surface area contributed by atoms with Crippen LogP contribution in [0.3, 0.4) is 0 Å². The molecule has 0 radical (unpaired) electrons. The number of amides is 6. The zero-order chi connectivity index (χ0) is 37.0. The summed E-state index contributed by atoms with van der Waals surface area (Å²) >= 11 is 1.46. The molecule has 2 aliphatic heterocycles. The van der Waals surface area contributed by atoms with Crippen molar-refractivity contribution in [1.82, 2.24) is 31.1 Å². The van der Waals surface area contributed by atoms with Crippen LogP contribution in [0.1, 0.15) is 66.2 Å². The maximum Gasteiger partial charge on any atom is 0.326 e. The van der Waals surface area contributed by atoms with E-state index in [9.17, 15) is 48.9 Å². The van der Waals surface area contributed by atoms with Crippen molar-refractivity contribution in [3.8, 4) is 0 Å². The topological polar surface area (TPSA) is 261 Å². The van der Waals surface area contributed by atoms with Crippen molar-refractivity contribution in [2.75, 3.05) is 31.7 Å². The lowest BCUT2D eigenvalue weighted by Gasteiger charge is -2.32. The molecule has 278 valence electrons. The molecule has 0 aromatic heterocycles. The number of aliphatic hydroxyl groups is 2. The molecule has 0 aromatic carbocycles. The monoisotopic (exact) mass is 715 g/mol. The summed E-state index contributed by atoms with van der Waals surface area (Å²) in [6, 6.07) is -7.92. The normalized spacial score (nSPS) is 21.2. The highest BCUT2D eigenvalue weighted by Crippen LogP contribution is 2.22. The lowest BCUT2D eigenvalue weighted by molar-refractivity contribution is -0.146. The zero-order valence-electron chi connectivity index (χ0n) is 28.8. The van der Waals surface area contributed by atoms with Gasteiger partial charge in [0.1, 0.15) is 42.3 Å². The molecule has 17 nitrogen and oxygen atoms in total. The molecule has 0 aromatic rings. The fourth-order valence-corrected chi connectivity index (χ4v) is 6.28. The molecule has 2 aliphatic rings. The maximum atomic E-state index is 13.8. The Morgan fingerprint density at radius 2 is 1.31 bits per heavy atom. The lowest BCUT2D eigenvalue weighted by Crippen LogP contribution is -2.60. The van der Waals surface area contributed by atoms with E-state index in [1.54, 1.807) is 0 Å². The molecule has 0 unspecified atom stereocenters. The Morgan fingerprint density at radius 3 is 1.76 bits per heavy atom. The van der Waals surface area contributed by atoms with Gasteiger partial charge < -0.3 is 52.1 Å². The smallest absolute Gasteiger partial charge is 0.326 e. The third-order valence-corrected chi connectivity index (χ3v) is 9.24. The molecule has 9 N–H and O–H groups in total. The first kappa shape index (κ1) is 41.7. The van der Waals surface area contributed by atoms with Crippen LogP contribution >= 0.6 is 11.8 Å². The quantitative estimate of drug-likeness (QED) is 0.0733. The van der Waals surface area contributed by atoms with Gasteiger partial charge in [0, 0.05) is 13.1 Å². The number of nitrogens with one attached hydrogen (secondary N) is 4. The van der Waals surface area contributed by atoms with E-state index in [2.05, 4.69) is 21.3 Å². The van der Waals surface area contributed by atoms with Gasteiger partial charge in [0.15, 0.2) is 0 Å². The van der Waals surface area contributed by atoms with E-state index in [4.69, 9.17) is 5.73 Å². The standard InChI is InChI=1S/C31H53N7O10S/c1-16(2)14-20(31(47)48)35-27(43)23-9-6-11-37(23)29(45)19(10-13-49-5)34-26(42)22-8-7-12-38(22)30(46)21(15-39)36-25(41)17(3)33-28(44)24(32)18(4)40/h16-24,39-40H,6-15,32H2,1-5H3,(H,33,44)(H,34,42)(H,35,43)(H,36,41)(H,47,48)/t17-,18+,19-,20-,21-,22-,23-,24-/m0/s1. The largest absolute Gasteiger partial charge is 0.480 e. The molecule has 2 rings (SSSR count). The molecule has 0 saturated carbocycles. The third-order valence-electron chi connectivity index (χ3n) is 8.60. The first-order chi connectivity index (χ1) is 23.0. The van der Waals surface area contributed by atoms with E-state index in [-0.39, 0.29) is 38.3 Å². The Balaban J connectivity index is 2.14. The highest BCUT2D eigenvalue weighted by Gasteiger charge is 2.42. The predicted molar refractivity (Wildman–Crippen MR) is 180 cm³/mol. The third kappa shape index (κ3) is 11.8. The minimum absolute atomic E-state index is 0.0110. The fraction of sp³-hybridized carbons (Fsp3) is 0.774. The van der Waals surface area contributed by atoms with Crippen molar-refractivity contribution in [3.63, 3.8) is 0 Å². The Bertz CT molecular complexity index is 1210. The van der Waals surface area contributed by atoms with E-state index in [0.29, 0.717) is 25.0 Å². The highest BCUT2D eigenvalue weighted by atomic mass is 32.2. The Hall–Kier alpha value is -3.48. The lowest BCUT2D eigenvalue weighted by atomic mass is 10.0. The van der Waals surface area contributed by atoms with Crippen LogP contribution < -0.4 is 27.0 Å². The second kappa shape index (κ2) is 19.6. The number of thioether (sulfide) groups is 1. The van der Waals surface area contributed by atoms with Gasteiger partial charge >= 0.3 is 5.97 Å². The van der Waals surface area contributed by atoms with Gasteiger partial charge in [0.2, 0.25) is 35.4 Å². The minimum atomic E-state index is -1.44. The molecular formula is C31H53N7O10S. The van der Waals surface area contributed by atoms with Gasteiger partial charge in [-0.3, -0.25) is 28.8 Å². The van der Waals surface area contributed by atoms with Gasteiger partial charge in [-0.05, 0) is 70.3 Å². The summed E-state index contributed by atoms with van der Waals surface area (Å²) in [5, 5.41) is 39.1. The Kier molecular flexibility index (Phi) is 16.7. The summed E-state index contributed by atoms with van der Waals surface area (Å²) in [5.74, 6) is -4.64. The fourth-order valence-electron chi connectivity index (χ4n) is 5.80. The molecule has 2 fully saturated rings. The predicted octanol–water partition coefficient (Wildman–Crippen LogP) is -2.49. The van der Waals surface area contributed by atoms with Crippen LogP contribution in [0.15, 0.2) is 0 Å². The van der Waals surface area contributed by atoms with Gasteiger partial charge in [-0.2, -0.15) is 11.8 Å². The minimum Gasteiger partial charge on any atom is -0.480 e. The van der Waals surface area contributed by atoms with Crippen molar-refractivity contribution in [3.05, 3.63) is 0 Å². The number of rotatable bonds is 18. The number of carbonyl (C=O) groups excluding carboxylic acids is 6. The van der Waals surface area contributed by atoms with Crippen molar-refractivity contribution in [2.24, 2.45) is 11.7 Å². The SMILES string of the molecule is CSCC[C@H](NC(=O)[C@@H]1CCCN1C(=O)[C@H](CO)NC(=O)[C@H](C)NC(=O)[C@@H](N)[C@@H](C)O)C(=O)N1CCC[C@H]1C(=O)N[C@@H](CC(C)C)C(=O)O. The highest BCUT2D eigenvalue weighted by molar-refractivity contribution is 7.98. The number of likely N-dealkylation sites (tertiary alicyclic amines) is 2. The van der Waals surface area contributed by atoms with Crippen molar-refractivity contribution in [2.45, 2.75) is 115 Å². The van der Waals surface area contributed by atoms with Crippen molar-refractivity contribution < 1.29 is 48.9 Å². The molecule has 2 heterocycles. The van der Waals surface area contributed by atoms with Gasteiger partial charge in [-0.1, -0.05) is 13.8 Å². The Labute approximate surface area is 290 Å². The first-order valence-electron chi connectivity index (χ1n) is 16.6. The average molecular weight is 716 g/mol. The summed E-state index contributed by atoms with van der Waals surface area (Å²) in [5.41, 5.74) is 5.59. The summed E-state index contributed by atoms with van der Waals surface area (Å²) < 4.78 is 0. The summed E-state index contributed by atoms with van der Waals surface area (Å²) in [7, 11) is 0.